The van der Waals surface area contributed by atoms with Crippen LogP contribution >= 0.6 is 18.4 Å². The molecule has 0 aromatic heterocycles. The van der Waals surface area contributed by atoms with E-state index in [1.54, 1.807) is 0 Å². The van der Waals surface area contributed by atoms with Gasteiger partial charge >= 0.3 is 7.00 Å². The van der Waals surface area contributed by atoms with Gasteiger partial charge in [0.05, 0.1) is 0 Å². The van der Waals surface area contributed by atoms with E-state index < -0.39 is 7.00 Å². The molecule has 0 amide bonds. The average Bonchev–Trinajstić information content (AvgIpc) is 1.65. The summed E-state index contributed by atoms with van der Waals surface area (Å²) >= 11 is 1.44. The normalized spacial score (nSPS) is 12.3. The Balaban J connectivity index is 3.35. The molecule has 0 aliphatic heterocycles. The summed E-state index contributed by atoms with van der Waals surface area (Å²) in [6, 6.07) is 0. The second-order valence-electron chi connectivity index (χ2n) is 1.56. The van der Waals surface area contributed by atoms with Crippen molar-refractivity contribution in [3.63, 3.8) is 0 Å². The van der Waals surface area contributed by atoms with Crippen LogP contribution in [-0.4, -0.2) is 11.9 Å². The minimum absolute atomic E-state index is 0.338. The minimum Gasteiger partial charge on any atom is -0.0593 e. The molecule has 0 aromatic rings. The van der Waals surface area contributed by atoms with Crippen molar-refractivity contribution in [2.45, 2.75) is 19.5 Å². The average molecular weight is 137 g/mol. The van der Waals surface area contributed by atoms with Crippen LogP contribution in [0.3, 0.4) is 0 Å². The molecule has 3 heteroatoms. The predicted octanol–water partition coefficient (Wildman–Crippen LogP) is 2.50. The lowest BCUT2D eigenvalue weighted by molar-refractivity contribution is 0.592. The molecule has 0 saturated heterocycles. The molecule has 0 bridgehead atoms. The minimum atomic E-state index is -0.971. The summed E-state index contributed by atoms with van der Waals surface area (Å²) < 4.78 is 10.6. The lowest BCUT2D eigenvalue weighted by Crippen LogP contribution is -1.79. The Kier molecular flexibility index (Phi) is 3.67. The molecule has 0 aliphatic carbocycles. The molecule has 1 unspecified atom stereocenters. The fourth-order valence-electron chi connectivity index (χ4n) is 0.211. The Morgan fingerprint density at radius 3 is 2.00 bits per heavy atom. The summed E-state index contributed by atoms with van der Waals surface area (Å²) in [6.07, 6.45) is 1.87. The van der Waals surface area contributed by atoms with Crippen LogP contribution in [0, 0.1) is 0 Å². The van der Waals surface area contributed by atoms with Crippen molar-refractivity contribution < 1.29 is 4.57 Å². The lowest BCUT2D eigenvalue weighted by atomic mass is 10.6. The molecule has 0 radical (unpaired) electrons. The molecule has 0 spiro atoms. The van der Waals surface area contributed by atoms with Crippen molar-refractivity contribution >= 4 is 18.4 Å². The third-order valence-corrected chi connectivity index (χ3v) is 4.15. The first-order valence-electron chi connectivity index (χ1n) is 2.19. The van der Waals surface area contributed by atoms with Crippen molar-refractivity contribution in [1.82, 2.24) is 0 Å². The first-order chi connectivity index (χ1) is 3.18. The van der Waals surface area contributed by atoms with Crippen LogP contribution in [0.2, 0.25) is 0 Å². The molecular formula is C4H10OPS+. The molecule has 0 aromatic carbocycles. The molecule has 42 valence electrons. The van der Waals surface area contributed by atoms with Gasteiger partial charge in [0.2, 0.25) is 0 Å². The van der Waals surface area contributed by atoms with E-state index in [1.807, 2.05) is 20.1 Å². The molecule has 1 nitrogen and oxygen atoms in total. The van der Waals surface area contributed by atoms with Crippen molar-refractivity contribution in [2.24, 2.45) is 0 Å². The molecule has 0 rings (SSSR count). The van der Waals surface area contributed by atoms with Crippen LogP contribution in [0.25, 0.3) is 0 Å². The maximum absolute atomic E-state index is 10.6. The summed E-state index contributed by atoms with van der Waals surface area (Å²) in [5.74, 6) is 0. The van der Waals surface area contributed by atoms with Crippen molar-refractivity contribution in [3.8, 4) is 0 Å². The van der Waals surface area contributed by atoms with Gasteiger partial charge < -0.3 is 0 Å². The molecule has 7 heavy (non-hydrogen) atoms. The summed E-state index contributed by atoms with van der Waals surface area (Å²) in [4.78, 5) is 0. The van der Waals surface area contributed by atoms with E-state index in [9.17, 15) is 4.57 Å². The van der Waals surface area contributed by atoms with E-state index in [1.165, 1.54) is 11.4 Å². The van der Waals surface area contributed by atoms with Gasteiger partial charge in [-0.25, -0.2) is 0 Å². The van der Waals surface area contributed by atoms with Gasteiger partial charge in [0.25, 0.3) is 0 Å². The van der Waals surface area contributed by atoms with Crippen molar-refractivity contribution in [1.29, 1.82) is 0 Å². The van der Waals surface area contributed by atoms with E-state index in [0.717, 1.165) is 0 Å². The Hall–Kier alpha value is 0.450. The van der Waals surface area contributed by atoms with Gasteiger partial charge in [-0.15, -0.1) is 0 Å². The summed E-state index contributed by atoms with van der Waals surface area (Å²) in [6.45, 7) is 3.93. The van der Waals surface area contributed by atoms with E-state index in [4.69, 9.17) is 0 Å². The van der Waals surface area contributed by atoms with Gasteiger partial charge in [-0.3, -0.25) is 0 Å². The Morgan fingerprint density at radius 1 is 1.57 bits per heavy atom. The van der Waals surface area contributed by atoms with E-state index in [0.29, 0.717) is 5.66 Å². The zero-order valence-corrected chi connectivity index (χ0v) is 6.55. The number of hydrogen-bond acceptors (Lipinski definition) is 2. The molecule has 0 heterocycles. The van der Waals surface area contributed by atoms with Crippen LogP contribution < -0.4 is 0 Å². The van der Waals surface area contributed by atoms with Crippen molar-refractivity contribution in [2.75, 3.05) is 6.26 Å². The predicted molar refractivity (Wildman–Crippen MR) is 36.3 cm³/mol. The highest BCUT2D eigenvalue weighted by atomic mass is 32.7. The lowest BCUT2D eigenvalue weighted by Gasteiger charge is -1.80. The largest absolute Gasteiger partial charge is 0.412 e. The highest BCUT2D eigenvalue weighted by Crippen LogP contribution is 2.39. The van der Waals surface area contributed by atoms with E-state index >= 15 is 0 Å². The number of rotatable bonds is 2. The smallest absolute Gasteiger partial charge is 0.0593 e. The molecule has 0 saturated carbocycles. The number of hydrogen-bond donors (Lipinski definition) is 0. The quantitative estimate of drug-likeness (QED) is 0.544. The zero-order chi connectivity index (χ0) is 5.86. The Bertz CT molecular complexity index is 72.1. The summed E-state index contributed by atoms with van der Waals surface area (Å²) in [5.41, 5.74) is 0.338. The summed E-state index contributed by atoms with van der Waals surface area (Å²) in [7, 11) is -0.971. The highest BCUT2D eigenvalue weighted by molar-refractivity contribution is 8.51. The van der Waals surface area contributed by atoms with Crippen molar-refractivity contribution in [3.05, 3.63) is 0 Å². The van der Waals surface area contributed by atoms with Gasteiger partial charge in [0.1, 0.15) is 11.4 Å². The van der Waals surface area contributed by atoms with Crippen LogP contribution in [0.5, 0.6) is 0 Å². The SMILES string of the molecule is CS[P+](=O)C(C)C. The van der Waals surface area contributed by atoms with Gasteiger partial charge in [-0.1, -0.05) is 4.57 Å². The highest BCUT2D eigenvalue weighted by Gasteiger charge is 2.18. The Labute approximate surface area is 49.4 Å². The zero-order valence-electron chi connectivity index (χ0n) is 4.84. The van der Waals surface area contributed by atoms with Crippen LogP contribution in [0.4, 0.5) is 0 Å². The summed E-state index contributed by atoms with van der Waals surface area (Å²) in [5, 5.41) is 0. The first kappa shape index (κ1) is 7.45. The van der Waals surface area contributed by atoms with Crippen LogP contribution in [0.15, 0.2) is 0 Å². The topological polar surface area (TPSA) is 17.1 Å². The van der Waals surface area contributed by atoms with Crippen LogP contribution in [-0.2, 0) is 4.57 Å². The molecule has 1 atom stereocenters. The third kappa shape index (κ3) is 3.07. The Morgan fingerprint density at radius 2 is 2.00 bits per heavy atom. The second-order valence-corrected chi connectivity index (χ2v) is 5.71. The maximum Gasteiger partial charge on any atom is 0.412 e. The fraction of sp³-hybridized carbons (Fsp3) is 1.00. The first-order valence-corrected chi connectivity index (χ1v) is 5.34. The fourth-order valence-corrected chi connectivity index (χ4v) is 1.90. The maximum atomic E-state index is 10.6. The third-order valence-electron chi connectivity index (χ3n) is 0.602. The molecule has 0 N–H and O–H groups in total. The molecule has 0 aliphatic rings. The van der Waals surface area contributed by atoms with Gasteiger partial charge in [-0.05, 0) is 13.8 Å². The van der Waals surface area contributed by atoms with Gasteiger partial charge in [0, 0.05) is 6.26 Å². The van der Waals surface area contributed by atoms with E-state index in [2.05, 4.69) is 0 Å². The second kappa shape index (κ2) is 3.45. The monoisotopic (exact) mass is 137 g/mol. The molecule has 0 fully saturated rings. The van der Waals surface area contributed by atoms with Gasteiger partial charge in [0.15, 0.2) is 5.66 Å². The standard InChI is InChI=1S/C4H10OPS/c1-4(2)6(5)7-3/h4H,1-3H3/q+1. The van der Waals surface area contributed by atoms with Crippen LogP contribution in [0.1, 0.15) is 13.8 Å². The van der Waals surface area contributed by atoms with E-state index in [-0.39, 0.29) is 0 Å². The molecular weight excluding hydrogens is 127 g/mol. The van der Waals surface area contributed by atoms with Gasteiger partial charge in [-0.2, -0.15) is 0 Å².